The van der Waals surface area contributed by atoms with E-state index in [4.69, 9.17) is 9.15 Å². The number of furan rings is 1. The van der Waals surface area contributed by atoms with Crippen molar-refractivity contribution in [2.45, 2.75) is 107 Å². The maximum atomic E-state index is 14.5. The zero-order chi connectivity index (χ0) is 37.5. The number of aryl methyl sites for hydroxylation is 2. The average Bonchev–Trinajstić information content (AvgIpc) is 4.01. The Kier molecular flexibility index (Phi) is 10.00. The molecule has 2 aliphatic heterocycles. The fourth-order valence-corrected chi connectivity index (χ4v) is 8.53. The van der Waals surface area contributed by atoms with Gasteiger partial charge in [0.15, 0.2) is 5.76 Å². The summed E-state index contributed by atoms with van der Waals surface area (Å²) in [5.41, 5.74) is -0.271. The van der Waals surface area contributed by atoms with Gasteiger partial charge in [0.05, 0.1) is 22.8 Å². The number of halogens is 1. The molecular formula is C37H43FN6O8S. The number of rotatable bonds is 8. The Morgan fingerprint density at radius 1 is 1.09 bits per heavy atom. The lowest BCUT2D eigenvalue weighted by atomic mass is 10.0. The number of ether oxygens (including phenoxy) is 1. The van der Waals surface area contributed by atoms with Crippen LogP contribution >= 0.6 is 0 Å². The maximum absolute atomic E-state index is 14.5. The SMILES string of the molecule is CCc1nc2ccc(F)cc2nc1O[C@@H]1C[C@H]2C(=O)N[C@]3(C(=O)NS(=O)(=O)C4CC4)C[C@H]3C=CCCCCC[C@H](NC(=O)c3ccc(C)o3)C(=O)N2C1. The van der Waals surface area contributed by atoms with Crippen LogP contribution in [0.25, 0.3) is 11.0 Å². The number of benzene rings is 1. The first-order valence-corrected chi connectivity index (χ1v) is 19.8. The first-order valence-electron chi connectivity index (χ1n) is 18.2. The summed E-state index contributed by atoms with van der Waals surface area (Å²) in [5.74, 6) is -2.82. The van der Waals surface area contributed by atoms with Crippen molar-refractivity contribution in [3.8, 4) is 5.88 Å². The van der Waals surface area contributed by atoms with Gasteiger partial charge in [0.25, 0.3) is 11.8 Å². The number of fused-ring (bicyclic) bond motifs is 3. The highest BCUT2D eigenvalue weighted by Gasteiger charge is 2.62. The molecule has 16 heteroatoms. The predicted molar refractivity (Wildman–Crippen MR) is 189 cm³/mol. The summed E-state index contributed by atoms with van der Waals surface area (Å²) in [6.45, 7) is 3.49. The molecule has 0 bridgehead atoms. The minimum atomic E-state index is -3.91. The number of nitrogens with zero attached hydrogens (tertiary/aromatic N) is 3. The number of carbonyl (C=O) groups is 4. The third-order valence-electron chi connectivity index (χ3n) is 10.4. The lowest BCUT2D eigenvalue weighted by molar-refractivity contribution is -0.141. The molecule has 2 aliphatic carbocycles. The number of hydrogen-bond donors (Lipinski definition) is 3. The van der Waals surface area contributed by atoms with Crippen molar-refractivity contribution in [1.29, 1.82) is 0 Å². The molecule has 4 heterocycles. The Hall–Kier alpha value is -4.86. The number of allylic oxidation sites excluding steroid dienone is 1. The van der Waals surface area contributed by atoms with Gasteiger partial charge in [-0.15, -0.1) is 0 Å². The van der Waals surface area contributed by atoms with Crippen molar-refractivity contribution >= 4 is 44.7 Å². The summed E-state index contributed by atoms with van der Waals surface area (Å²) in [7, 11) is -3.91. The Morgan fingerprint density at radius 3 is 2.64 bits per heavy atom. The van der Waals surface area contributed by atoms with Gasteiger partial charge < -0.3 is 24.7 Å². The Bertz CT molecular complexity index is 2080. The fraction of sp³-hybridized carbons (Fsp3) is 0.514. The third kappa shape index (κ3) is 7.78. The molecule has 282 valence electrons. The molecule has 1 aromatic carbocycles. The molecule has 3 N–H and O–H groups in total. The summed E-state index contributed by atoms with van der Waals surface area (Å²) in [6, 6.07) is 5.04. The fourth-order valence-electron chi connectivity index (χ4n) is 7.16. The van der Waals surface area contributed by atoms with E-state index in [0.29, 0.717) is 55.5 Å². The van der Waals surface area contributed by atoms with E-state index in [1.54, 1.807) is 13.0 Å². The molecule has 7 rings (SSSR count). The highest BCUT2D eigenvalue weighted by molar-refractivity contribution is 7.91. The van der Waals surface area contributed by atoms with Crippen molar-refractivity contribution in [2.24, 2.45) is 5.92 Å². The zero-order valence-corrected chi connectivity index (χ0v) is 30.4. The second-order valence-corrected chi connectivity index (χ2v) is 16.4. The van der Waals surface area contributed by atoms with Gasteiger partial charge >= 0.3 is 0 Å². The molecule has 14 nitrogen and oxygen atoms in total. The normalized spacial score (nSPS) is 26.5. The summed E-state index contributed by atoms with van der Waals surface area (Å²) in [4.78, 5) is 66.2. The summed E-state index contributed by atoms with van der Waals surface area (Å²) >= 11 is 0. The Balaban J connectivity index is 1.20. The number of sulfonamides is 1. The molecule has 4 aliphatic rings. The molecule has 3 aromatic rings. The molecule has 53 heavy (non-hydrogen) atoms. The van der Waals surface area contributed by atoms with Gasteiger partial charge in [0, 0.05) is 18.4 Å². The van der Waals surface area contributed by atoms with E-state index < -0.39 is 74.4 Å². The van der Waals surface area contributed by atoms with Crippen LogP contribution in [-0.4, -0.2) is 82.4 Å². The van der Waals surface area contributed by atoms with E-state index in [1.807, 2.05) is 19.1 Å². The van der Waals surface area contributed by atoms with Crippen molar-refractivity contribution in [2.75, 3.05) is 6.54 Å². The van der Waals surface area contributed by atoms with Crippen LogP contribution in [0.5, 0.6) is 5.88 Å². The van der Waals surface area contributed by atoms with Crippen LogP contribution in [0.2, 0.25) is 0 Å². The molecule has 5 atom stereocenters. The summed E-state index contributed by atoms with van der Waals surface area (Å²) in [6.07, 6.45) is 7.60. The maximum Gasteiger partial charge on any atom is 0.287 e. The van der Waals surface area contributed by atoms with Crippen LogP contribution in [0.3, 0.4) is 0 Å². The van der Waals surface area contributed by atoms with E-state index >= 15 is 0 Å². The van der Waals surface area contributed by atoms with Gasteiger partial charge in [-0.1, -0.05) is 31.9 Å². The second kappa shape index (κ2) is 14.5. The first kappa shape index (κ1) is 36.5. The van der Waals surface area contributed by atoms with Gasteiger partial charge in [-0.2, -0.15) is 0 Å². The van der Waals surface area contributed by atoms with Gasteiger partial charge in [-0.25, -0.2) is 22.8 Å². The molecule has 2 saturated carbocycles. The molecule has 0 spiro atoms. The molecule has 2 aromatic heterocycles. The molecule has 0 radical (unpaired) electrons. The van der Waals surface area contributed by atoms with Crippen molar-refractivity contribution in [3.63, 3.8) is 0 Å². The summed E-state index contributed by atoms with van der Waals surface area (Å²) in [5, 5.41) is 5.01. The highest BCUT2D eigenvalue weighted by atomic mass is 32.2. The van der Waals surface area contributed by atoms with Gasteiger partial charge in [-0.05, 0) is 76.1 Å². The van der Waals surface area contributed by atoms with Crippen LogP contribution in [0, 0.1) is 18.7 Å². The number of hydrogen-bond acceptors (Lipinski definition) is 10. The molecule has 4 amide bonds. The van der Waals surface area contributed by atoms with Crippen LogP contribution < -0.4 is 20.1 Å². The quantitative estimate of drug-likeness (QED) is 0.288. The highest BCUT2D eigenvalue weighted by Crippen LogP contribution is 2.46. The van der Waals surface area contributed by atoms with Gasteiger partial charge in [0.2, 0.25) is 27.7 Å². The lowest BCUT2D eigenvalue weighted by Crippen LogP contribution is -2.58. The van der Waals surface area contributed by atoms with E-state index in [9.17, 15) is 32.0 Å². The molecule has 1 saturated heterocycles. The van der Waals surface area contributed by atoms with Gasteiger partial charge in [0.1, 0.15) is 41.0 Å². The monoisotopic (exact) mass is 750 g/mol. The average molecular weight is 751 g/mol. The van der Waals surface area contributed by atoms with Crippen LogP contribution in [-0.2, 0) is 30.8 Å². The summed E-state index contributed by atoms with van der Waals surface area (Å²) < 4.78 is 53.8. The van der Waals surface area contributed by atoms with Crippen molar-refractivity contribution in [1.82, 2.24) is 30.2 Å². The predicted octanol–water partition coefficient (Wildman–Crippen LogP) is 3.38. The molecule has 3 fully saturated rings. The van der Waals surface area contributed by atoms with Crippen LogP contribution in [0.15, 0.2) is 46.9 Å². The van der Waals surface area contributed by atoms with E-state index in [0.717, 1.165) is 12.8 Å². The van der Waals surface area contributed by atoms with Crippen LogP contribution in [0.1, 0.15) is 86.7 Å². The van der Waals surface area contributed by atoms with E-state index in [2.05, 4.69) is 25.3 Å². The Labute approximate surface area is 306 Å². The third-order valence-corrected chi connectivity index (χ3v) is 12.2. The number of aromatic nitrogens is 2. The zero-order valence-electron chi connectivity index (χ0n) is 29.6. The number of carbonyl (C=O) groups excluding carboxylic acids is 4. The Morgan fingerprint density at radius 2 is 1.91 bits per heavy atom. The smallest absolute Gasteiger partial charge is 0.287 e. The molecular weight excluding hydrogens is 708 g/mol. The first-order chi connectivity index (χ1) is 25.4. The lowest BCUT2D eigenvalue weighted by Gasteiger charge is -2.29. The number of nitrogens with one attached hydrogen (secondary N) is 3. The largest absolute Gasteiger partial charge is 0.471 e. The van der Waals surface area contributed by atoms with E-state index in [-0.39, 0.29) is 36.5 Å². The number of amides is 4. The van der Waals surface area contributed by atoms with Crippen LogP contribution in [0.4, 0.5) is 4.39 Å². The minimum absolute atomic E-state index is 0.0137. The topological polar surface area (TPSA) is 190 Å². The minimum Gasteiger partial charge on any atom is -0.471 e. The standard InChI is InChI=1S/C37H43FN6O8S/c1-3-26-34(41-29-17-23(38)12-15-27(29)39-26)52-24-18-30-32(45)42-37(36(48)43-53(49,50)25-13-14-25)19-22(37)9-7-5-4-6-8-10-28(35(47)44(30)20-24)40-33(46)31-16-11-21(2)51-31/h7,9,11-12,15-17,22,24-25,28,30H,3-6,8,10,13-14,18-20H2,1-2H3,(H,40,46)(H,42,45)(H,43,48)/t22-,24-,28+,30+,37-/m1/s1. The van der Waals surface area contributed by atoms with Crippen molar-refractivity contribution in [3.05, 3.63) is 65.5 Å². The van der Waals surface area contributed by atoms with Gasteiger partial charge in [-0.3, -0.25) is 23.9 Å². The molecule has 0 unspecified atom stereocenters. The van der Waals surface area contributed by atoms with Crippen molar-refractivity contribution < 1.29 is 41.1 Å². The second-order valence-electron chi connectivity index (χ2n) is 14.4. The van der Waals surface area contributed by atoms with E-state index in [1.165, 1.54) is 29.2 Å².